The van der Waals surface area contributed by atoms with Crippen molar-refractivity contribution in [1.29, 1.82) is 0 Å². The molecule has 1 aliphatic rings. The second-order valence-electron chi connectivity index (χ2n) is 5.47. The quantitative estimate of drug-likeness (QED) is 0.813. The Morgan fingerprint density at radius 3 is 2.39 bits per heavy atom. The topological polar surface area (TPSA) is 51.3 Å². The molecular formula is C13H18BNO3. The lowest BCUT2D eigenvalue weighted by molar-refractivity contribution is 0.00578. The number of hydrogen-bond acceptors (Lipinski definition) is 3. The van der Waals surface area contributed by atoms with Gasteiger partial charge in [0.15, 0.2) is 0 Å². The molecule has 1 aliphatic heterocycles. The highest BCUT2D eigenvalue weighted by Crippen LogP contribution is 2.36. The minimum atomic E-state index is -0.380. The lowest BCUT2D eigenvalue weighted by Gasteiger charge is -2.32. The van der Waals surface area contributed by atoms with Crippen LogP contribution in [0.15, 0.2) is 29.1 Å². The van der Waals surface area contributed by atoms with E-state index < -0.39 is 0 Å². The van der Waals surface area contributed by atoms with Gasteiger partial charge in [-0.3, -0.25) is 4.79 Å². The van der Waals surface area contributed by atoms with Crippen LogP contribution in [-0.2, 0) is 9.31 Å². The first-order valence-electron chi connectivity index (χ1n) is 6.03. The minimum Gasteiger partial charge on any atom is -0.400 e. The molecule has 0 saturated carbocycles. The highest BCUT2D eigenvalue weighted by atomic mass is 16.7. The first kappa shape index (κ1) is 13.1. The Morgan fingerprint density at radius 2 is 1.83 bits per heavy atom. The van der Waals surface area contributed by atoms with Crippen molar-refractivity contribution in [3.63, 3.8) is 0 Å². The fraction of sp³-hybridized carbons (Fsp3) is 0.462. The molecule has 1 fully saturated rings. The Kier molecular flexibility index (Phi) is 3.21. The number of H-pyrrole nitrogens is 1. The summed E-state index contributed by atoms with van der Waals surface area (Å²) >= 11 is 0. The maximum Gasteiger partial charge on any atom is 0.487 e. The van der Waals surface area contributed by atoms with E-state index in [1.165, 1.54) is 6.07 Å². The van der Waals surface area contributed by atoms with Gasteiger partial charge in [0.25, 0.3) is 0 Å². The van der Waals surface area contributed by atoms with Crippen molar-refractivity contribution in [3.05, 3.63) is 40.2 Å². The molecule has 4 nitrogen and oxygen atoms in total. The largest absolute Gasteiger partial charge is 0.487 e. The zero-order valence-corrected chi connectivity index (χ0v) is 11.2. The summed E-state index contributed by atoms with van der Waals surface area (Å²) in [6.45, 7) is 8.03. The molecule has 1 aromatic heterocycles. The van der Waals surface area contributed by atoms with Gasteiger partial charge in [0, 0.05) is 12.3 Å². The molecule has 0 aromatic carbocycles. The maximum atomic E-state index is 11.1. The zero-order valence-electron chi connectivity index (χ0n) is 11.2. The Morgan fingerprint density at radius 1 is 1.22 bits per heavy atom. The average Bonchev–Trinajstić information content (AvgIpc) is 2.45. The monoisotopic (exact) mass is 247 g/mol. The molecular weight excluding hydrogens is 229 g/mol. The summed E-state index contributed by atoms with van der Waals surface area (Å²) < 4.78 is 11.6. The van der Waals surface area contributed by atoms with Gasteiger partial charge in [-0.2, -0.15) is 0 Å². The molecule has 0 unspecified atom stereocenters. The van der Waals surface area contributed by atoms with E-state index in [-0.39, 0.29) is 23.9 Å². The first-order chi connectivity index (χ1) is 8.30. The Labute approximate surface area is 107 Å². The predicted octanol–water partition coefficient (Wildman–Crippen LogP) is 2.02. The fourth-order valence-electron chi connectivity index (χ4n) is 1.72. The molecule has 2 heterocycles. The number of hydrogen-bond donors (Lipinski definition) is 1. The van der Waals surface area contributed by atoms with E-state index in [0.717, 1.165) is 5.56 Å². The number of aromatic amines is 1. The summed E-state index contributed by atoms with van der Waals surface area (Å²) in [6, 6.07) is 3.35. The highest BCUT2D eigenvalue weighted by molar-refractivity contribution is 6.52. The van der Waals surface area contributed by atoms with Gasteiger partial charge in [-0.1, -0.05) is 12.1 Å². The molecule has 1 N–H and O–H groups in total. The van der Waals surface area contributed by atoms with E-state index >= 15 is 0 Å². The molecule has 0 amide bonds. The van der Waals surface area contributed by atoms with Crippen LogP contribution in [0.3, 0.4) is 0 Å². The molecule has 2 rings (SSSR count). The number of rotatable bonds is 2. The Bertz CT molecular complexity index is 503. The van der Waals surface area contributed by atoms with Crippen molar-refractivity contribution in [1.82, 2.24) is 4.98 Å². The number of nitrogens with one attached hydrogen (secondary N) is 1. The van der Waals surface area contributed by atoms with Gasteiger partial charge >= 0.3 is 7.12 Å². The van der Waals surface area contributed by atoms with Crippen LogP contribution in [0.25, 0.3) is 6.08 Å². The van der Waals surface area contributed by atoms with Crippen molar-refractivity contribution in [2.75, 3.05) is 0 Å². The normalized spacial score (nSPS) is 21.7. The van der Waals surface area contributed by atoms with Crippen molar-refractivity contribution >= 4 is 13.2 Å². The summed E-state index contributed by atoms with van der Waals surface area (Å²) in [5.74, 6) is 1.82. The molecule has 0 bridgehead atoms. The van der Waals surface area contributed by atoms with Crippen LogP contribution >= 0.6 is 0 Å². The smallest absolute Gasteiger partial charge is 0.400 e. The third-order valence-corrected chi connectivity index (χ3v) is 3.52. The third-order valence-electron chi connectivity index (χ3n) is 3.52. The standard InChI is InChI=1S/C13H18BNO3/c1-12(2)13(3,4)18-14(17-12)7-5-10-6-8-15-11(16)9-10/h5-9H,1-4H3,(H,15,16)/b7-5+. The Hall–Kier alpha value is -1.33. The van der Waals surface area contributed by atoms with Gasteiger partial charge in [-0.15, -0.1) is 0 Å². The van der Waals surface area contributed by atoms with Crippen LogP contribution in [-0.4, -0.2) is 23.3 Å². The van der Waals surface area contributed by atoms with Gasteiger partial charge < -0.3 is 14.3 Å². The molecule has 18 heavy (non-hydrogen) atoms. The highest BCUT2D eigenvalue weighted by Gasteiger charge is 2.49. The minimum absolute atomic E-state index is 0.119. The van der Waals surface area contributed by atoms with Crippen LogP contribution in [0.5, 0.6) is 0 Å². The van der Waals surface area contributed by atoms with Crippen molar-refractivity contribution in [3.8, 4) is 0 Å². The average molecular weight is 247 g/mol. The summed E-state index contributed by atoms with van der Waals surface area (Å²) in [7, 11) is -0.380. The number of aromatic nitrogens is 1. The van der Waals surface area contributed by atoms with Gasteiger partial charge in [-0.05, 0) is 39.3 Å². The van der Waals surface area contributed by atoms with E-state index in [2.05, 4.69) is 4.98 Å². The van der Waals surface area contributed by atoms with Crippen LogP contribution in [0.1, 0.15) is 33.3 Å². The van der Waals surface area contributed by atoms with E-state index in [1.54, 1.807) is 6.20 Å². The summed E-state index contributed by atoms with van der Waals surface area (Å²) in [6.07, 6.45) is 3.45. The van der Waals surface area contributed by atoms with Crippen molar-refractivity contribution < 1.29 is 9.31 Å². The van der Waals surface area contributed by atoms with Gasteiger partial charge in [0.05, 0.1) is 11.2 Å². The maximum absolute atomic E-state index is 11.1. The van der Waals surface area contributed by atoms with Crippen LogP contribution in [0.2, 0.25) is 0 Å². The fourth-order valence-corrected chi connectivity index (χ4v) is 1.72. The molecule has 0 atom stereocenters. The molecule has 5 heteroatoms. The van der Waals surface area contributed by atoms with Gasteiger partial charge in [0.1, 0.15) is 0 Å². The van der Waals surface area contributed by atoms with Gasteiger partial charge in [-0.25, -0.2) is 0 Å². The second kappa shape index (κ2) is 4.41. The summed E-state index contributed by atoms with van der Waals surface area (Å²) in [5, 5.41) is 0. The molecule has 1 aromatic rings. The Balaban J connectivity index is 2.11. The summed E-state index contributed by atoms with van der Waals surface area (Å²) in [4.78, 5) is 13.7. The van der Waals surface area contributed by atoms with E-state index in [0.29, 0.717) is 0 Å². The molecule has 0 aliphatic carbocycles. The lowest BCUT2D eigenvalue weighted by Crippen LogP contribution is -2.41. The van der Waals surface area contributed by atoms with E-state index in [4.69, 9.17) is 9.31 Å². The molecule has 0 spiro atoms. The van der Waals surface area contributed by atoms with Crippen molar-refractivity contribution in [2.45, 2.75) is 38.9 Å². The molecule has 0 radical (unpaired) electrons. The second-order valence-corrected chi connectivity index (χ2v) is 5.47. The van der Waals surface area contributed by atoms with Crippen molar-refractivity contribution in [2.24, 2.45) is 0 Å². The predicted molar refractivity (Wildman–Crippen MR) is 72.2 cm³/mol. The third kappa shape index (κ3) is 2.57. The van der Waals surface area contributed by atoms with E-state index in [9.17, 15) is 4.79 Å². The van der Waals surface area contributed by atoms with Crippen LogP contribution in [0.4, 0.5) is 0 Å². The van der Waals surface area contributed by atoms with Gasteiger partial charge in [0.2, 0.25) is 5.56 Å². The molecule has 1 saturated heterocycles. The SMILES string of the molecule is CC1(C)OB(/C=C/c2cc[nH]c(=O)c2)OC1(C)C. The first-order valence-corrected chi connectivity index (χ1v) is 6.03. The zero-order chi connectivity index (χ0) is 13.4. The lowest BCUT2D eigenvalue weighted by atomic mass is 9.89. The van der Waals surface area contributed by atoms with Crippen LogP contribution < -0.4 is 5.56 Å². The molecule has 96 valence electrons. The number of pyridine rings is 1. The summed E-state index contributed by atoms with van der Waals surface area (Å²) in [5.41, 5.74) is 0.0336. The van der Waals surface area contributed by atoms with E-state index in [1.807, 2.05) is 45.8 Å². The van der Waals surface area contributed by atoms with Crippen LogP contribution in [0, 0.1) is 0 Å².